The summed E-state index contributed by atoms with van der Waals surface area (Å²) in [5, 5.41) is 9.18. The van der Waals surface area contributed by atoms with E-state index in [1.807, 2.05) is 71.0 Å². The number of benzene rings is 1. The van der Waals surface area contributed by atoms with Crippen molar-refractivity contribution in [3.63, 3.8) is 0 Å². The fourth-order valence-corrected chi connectivity index (χ4v) is 2.86. The van der Waals surface area contributed by atoms with Crippen molar-refractivity contribution in [2.24, 2.45) is 5.41 Å². The molecule has 166 valence electrons. The van der Waals surface area contributed by atoms with Crippen molar-refractivity contribution in [2.75, 3.05) is 19.8 Å². The fourth-order valence-electron chi connectivity index (χ4n) is 2.86. The molecule has 0 radical (unpaired) electrons. The van der Waals surface area contributed by atoms with Crippen LogP contribution in [-0.2, 0) is 20.7 Å². The lowest BCUT2D eigenvalue weighted by molar-refractivity contribution is -0.156. The molecule has 0 fully saturated rings. The Morgan fingerprint density at radius 3 is 2.23 bits per heavy atom. The molecule has 0 aliphatic heterocycles. The van der Waals surface area contributed by atoms with E-state index < -0.39 is 5.60 Å². The minimum Gasteiger partial charge on any atom is -0.475 e. The van der Waals surface area contributed by atoms with Crippen LogP contribution in [-0.4, -0.2) is 36.4 Å². The summed E-state index contributed by atoms with van der Waals surface area (Å²) in [7, 11) is 0. The Morgan fingerprint density at radius 2 is 1.65 bits per heavy atom. The smallest absolute Gasteiger partial charge is 0.308 e. The van der Waals surface area contributed by atoms with E-state index in [2.05, 4.69) is 11.1 Å². The Balaban J connectivity index is 1.73. The van der Waals surface area contributed by atoms with Gasteiger partial charge >= 0.3 is 5.97 Å². The highest BCUT2D eigenvalue weighted by molar-refractivity contribution is 5.69. The minimum atomic E-state index is -0.478. The van der Waals surface area contributed by atoms with Crippen LogP contribution in [0.2, 0.25) is 0 Å². The first-order valence-corrected chi connectivity index (χ1v) is 10.5. The van der Waals surface area contributed by atoms with Gasteiger partial charge in [-0.1, -0.05) is 24.3 Å². The van der Waals surface area contributed by atoms with Crippen LogP contribution < -0.4 is 4.74 Å². The molecule has 1 aromatic heterocycles. The van der Waals surface area contributed by atoms with E-state index in [1.54, 1.807) is 6.20 Å². The van der Waals surface area contributed by atoms with E-state index in [-0.39, 0.29) is 17.8 Å². The van der Waals surface area contributed by atoms with E-state index in [9.17, 15) is 10.1 Å². The second-order valence-corrected chi connectivity index (χ2v) is 9.05. The van der Waals surface area contributed by atoms with Crippen molar-refractivity contribution in [1.82, 2.24) is 4.98 Å². The number of carbonyl (C=O) groups excluding carboxylic acids is 1. The SMILES string of the molecule is CC(C)(C#N)Cc1ccc(-c2ccc(OCCOCCC(=O)OC(C)(C)C)nc2)cc1. The van der Waals surface area contributed by atoms with Crippen molar-refractivity contribution in [2.45, 2.75) is 53.1 Å². The van der Waals surface area contributed by atoms with Crippen LogP contribution in [0.15, 0.2) is 42.6 Å². The van der Waals surface area contributed by atoms with Crippen LogP contribution in [0, 0.1) is 16.7 Å². The highest BCUT2D eigenvalue weighted by atomic mass is 16.6. The zero-order chi connectivity index (χ0) is 22.9. The molecule has 1 aromatic carbocycles. The maximum atomic E-state index is 11.6. The Bertz CT molecular complexity index is 876. The normalized spacial score (nSPS) is 11.6. The first kappa shape index (κ1) is 24.4. The summed E-state index contributed by atoms with van der Waals surface area (Å²) in [6, 6.07) is 14.3. The number of aromatic nitrogens is 1. The predicted molar refractivity (Wildman–Crippen MR) is 120 cm³/mol. The molecule has 0 aliphatic carbocycles. The zero-order valence-corrected chi connectivity index (χ0v) is 19.1. The van der Waals surface area contributed by atoms with Crippen LogP contribution in [0.3, 0.4) is 0 Å². The van der Waals surface area contributed by atoms with Gasteiger partial charge in [-0.3, -0.25) is 4.79 Å². The summed E-state index contributed by atoms with van der Waals surface area (Å²) in [4.78, 5) is 15.9. The lowest BCUT2D eigenvalue weighted by Crippen LogP contribution is -2.24. The highest BCUT2D eigenvalue weighted by Crippen LogP contribution is 2.24. The molecule has 0 unspecified atom stereocenters. The van der Waals surface area contributed by atoms with Crippen molar-refractivity contribution in [3.8, 4) is 23.1 Å². The van der Waals surface area contributed by atoms with Gasteiger partial charge in [0.1, 0.15) is 12.2 Å². The number of nitriles is 1. The number of esters is 1. The second-order valence-electron chi connectivity index (χ2n) is 9.05. The van der Waals surface area contributed by atoms with Gasteiger partial charge in [0.15, 0.2) is 0 Å². The van der Waals surface area contributed by atoms with E-state index in [1.165, 1.54) is 0 Å². The fraction of sp³-hybridized carbons (Fsp3) is 0.480. The molecule has 0 aliphatic rings. The molecule has 0 saturated heterocycles. The first-order valence-electron chi connectivity index (χ1n) is 10.5. The monoisotopic (exact) mass is 424 g/mol. The molecule has 2 rings (SSSR count). The summed E-state index contributed by atoms with van der Waals surface area (Å²) >= 11 is 0. The minimum absolute atomic E-state index is 0.219. The molecule has 0 N–H and O–H groups in total. The standard InChI is InChI=1S/C25H32N2O4/c1-24(2,3)31-23(28)12-13-29-14-15-30-22-11-10-21(17-27-22)20-8-6-19(7-9-20)16-25(4,5)18-26/h6-11,17H,12-16H2,1-5H3. The third kappa shape index (κ3) is 9.18. The zero-order valence-electron chi connectivity index (χ0n) is 19.1. The van der Waals surface area contributed by atoms with E-state index in [0.717, 1.165) is 16.7 Å². The second kappa shape index (κ2) is 10.9. The number of nitrogens with zero attached hydrogens (tertiary/aromatic N) is 2. The van der Waals surface area contributed by atoms with Gasteiger partial charge in [-0.15, -0.1) is 0 Å². The highest BCUT2D eigenvalue weighted by Gasteiger charge is 2.17. The summed E-state index contributed by atoms with van der Waals surface area (Å²) in [6.07, 6.45) is 2.71. The van der Waals surface area contributed by atoms with E-state index >= 15 is 0 Å². The predicted octanol–water partition coefficient (Wildman–Crippen LogP) is 4.97. The molecular formula is C25H32N2O4. The van der Waals surface area contributed by atoms with Gasteiger partial charge in [-0.05, 0) is 58.2 Å². The van der Waals surface area contributed by atoms with Gasteiger partial charge < -0.3 is 14.2 Å². The van der Waals surface area contributed by atoms with Gasteiger partial charge in [0, 0.05) is 17.8 Å². The molecule has 0 spiro atoms. The quantitative estimate of drug-likeness (QED) is 0.396. The lowest BCUT2D eigenvalue weighted by atomic mass is 9.87. The molecule has 0 atom stereocenters. The van der Waals surface area contributed by atoms with Crippen LogP contribution in [0.25, 0.3) is 11.1 Å². The molecule has 0 saturated carbocycles. The summed E-state index contributed by atoms with van der Waals surface area (Å²) in [5.41, 5.74) is 2.33. The molecule has 6 nitrogen and oxygen atoms in total. The molecule has 1 heterocycles. The average molecular weight is 425 g/mol. The Labute approximate surface area is 185 Å². The van der Waals surface area contributed by atoms with Gasteiger partial charge in [0.25, 0.3) is 0 Å². The number of pyridine rings is 1. The number of hydrogen-bond acceptors (Lipinski definition) is 6. The van der Waals surface area contributed by atoms with Crippen molar-refractivity contribution in [1.29, 1.82) is 5.26 Å². The van der Waals surface area contributed by atoms with Crippen LogP contribution >= 0.6 is 0 Å². The van der Waals surface area contributed by atoms with Gasteiger partial charge in [-0.2, -0.15) is 5.26 Å². The third-order valence-electron chi connectivity index (χ3n) is 4.32. The van der Waals surface area contributed by atoms with Gasteiger partial charge in [0.05, 0.1) is 31.1 Å². The van der Waals surface area contributed by atoms with Gasteiger partial charge in [-0.25, -0.2) is 4.98 Å². The first-order chi connectivity index (χ1) is 14.6. The molecule has 31 heavy (non-hydrogen) atoms. The third-order valence-corrected chi connectivity index (χ3v) is 4.32. The van der Waals surface area contributed by atoms with Crippen LogP contribution in [0.4, 0.5) is 0 Å². The van der Waals surface area contributed by atoms with Crippen LogP contribution in [0.1, 0.15) is 46.6 Å². The Morgan fingerprint density at radius 1 is 0.968 bits per heavy atom. The maximum Gasteiger partial charge on any atom is 0.308 e. The number of carbonyl (C=O) groups is 1. The summed E-state index contributed by atoms with van der Waals surface area (Å²) in [6.45, 7) is 10.4. The van der Waals surface area contributed by atoms with E-state index in [4.69, 9.17) is 14.2 Å². The number of rotatable bonds is 10. The lowest BCUT2D eigenvalue weighted by Gasteiger charge is -2.19. The Kier molecular flexibility index (Phi) is 8.58. The maximum absolute atomic E-state index is 11.6. The largest absolute Gasteiger partial charge is 0.475 e. The van der Waals surface area contributed by atoms with Crippen molar-refractivity contribution < 1.29 is 19.0 Å². The number of ether oxygens (including phenoxy) is 3. The Hall–Kier alpha value is -2.91. The topological polar surface area (TPSA) is 81.4 Å². The van der Waals surface area contributed by atoms with Gasteiger partial charge in [0.2, 0.25) is 5.88 Å². The van der Waals surface area contributed by atoms with Crippen molar-refractivity contribution >= 4 is 5.97 Å². The van der Waals surface area contributed by atoms with E-state index in [0.29, 0.717) is 32.1 Å². The van der Waals surface area contributed by atoms with Crippen molar-refractivity contribution in [3.05, 3.63) is 48.2 Å². The molecular weight excluding hydrogens is 392 g/mol. The molecule has 0 bridgehead atoms. The average Bonchev–Trinajstić information content (AvgIpc) is 2.70. The summed E-state index contributed by atoms with van der Waals surface area (Å²) < 4.78 is 16.2. The molecule has 2 aromatic rings. The van der Waals surface area contributed by atoms with Crippen LogP contribution in [0.5, 0.6) is 5.88 Å². The summed E-state index contributed by atoms with van der Waals surface area (Å²) in [5.74, 6) is 0.249. The molecule has 6 heteroatoms. The number of hydrogen-bond donors (Lipinski definition) is 0. The molecule has 0 amide bonds.